The van der Waals surface area contributed by atoms with Gasteiger partial charge in [0, 0.05) is 17.6 Å². The maximum atomic E-state index is 11.8. The summed E-state index contributed by atoms with van der Waals surface area (Å²) in [5.74, 6) is -1.20. The molecular weight excluding hydrogens is 284 g/mol. The second kappa shape index (κ2) is 5.68. The number of phenolic OH excluding ortho intramolecular Hbond substituents is 2. The summed E-state index contributed by atoms with van der Waals surface area (Å²) in [5.41, 5.74) is -0.683. The zero-order valence-corrected chi connectivity index (χ0v) is 12.3. The van der Waals surface area contributed by atoms with Gasteiger partial charge in [0.1, 0.15) is 0 Å². The summed E-state index contributed by atoms with van der Waals surface area (Å²) in [7, 11) is -3.38. The molecule has 1 amide bonds. The van der Waals surface area contributed by atoms with E-state index in [1.54, 1.807) is 13.8 Å². The van der Waals surface area contributed by atoms with Crippen LogP contribution in [0.5, 0.6) is 11.5 Å². The Kier molecular flexibility index (Phi) is 4.61. The number of rotatable bonds is 5. The predicted octanol–water partition coefficient (Wildman–Crippen LogP) is 0.155. The molecule has 0 aliphatic carbocycles. The van der Waals surface area contributed by atoms with Gasteiger partial charge in [0.05, 0.1) is 6.26 Å². The van der Waals surface area contributed by atoms with Crippen molar-refractivity contribution in [2.24, 2.45) is 0 Å². The lowest BCUT2D eigenvalue weighted by atomic mass is 10.1. The number of carbonyl (C=O) groups excluding carboxylic acids is 1. The van der Waals surface area contributed by atoms with E-state index in [4.69, 9.17) is 5.11 Å². The van der Waals surface area contributed by atoms with Crippen LogP contribution >= 0.6 is 0 Å². The predicted molar refractivity (Wildman–Crippen MR) is 74.2 cm³/mol. The van der Waals surface area contributed by atoms with E-state index in [1.807, 2.05) is 0 Å². The highest BCUT2D eigenvalue weighted by Crippen LogP contribution is 2.24. The molecule has 8 heteroatoms. The summed E-state index contributed by atoms with van der Waals surface area (Å²) in [5, 5.41) is 21.0. The zero-order valence-electron chi connectivity index (χ0n) is 11.5. The highest BCUT2D eigenvalue weighted by molar-refractivity contribution is 7.88. The first-order valence-electron chi connectivity index (χ1n) is 5.79. The van der Waals surface area contributed by atoms with Crippen molar-refractivity contribution in [1.29, 1.82) is 0 Å². The van der Waals surface area contributed by atoms with E-state index in [0.29, 0.717) is 0 Å². The molecule has 7 nitrogen and oxygen atoms in total. The van der Waals surface area contributed by atoms with Gasteiger partial charge in [-0.15, -0.1) is 0 Å². The third kappa shape index (κ3) is 5.06. The molecular formula is C12H18N2O5S. The van der Waals surface area contributed by atoms with Gasteiger partial charge in [-0.05, 0) is 32.0 Å². The van der Waals surface area contributed by atoms with Gasteiger partial charge in [-0.3, -0.25) is 4.79 Å². The van der Waals surface area contributed by atoms with E-state index >= 15 is 0 Å². The number of carbonyl (C=O) groups is 1. The Labute approximate surface area is 117 Å². The molecule has 112 valence electrons. The first-order chi connectivity index (χ1) is 9.00. The monoisotopic (exact) mass is 302 g/mol. The van der Waals surface area contributed by atoms with Crippen LogP contribution in [0.3, 0.4) is 0 Å². The largest absolute Gasteiger partial charge is 0.504 e. The van der Waals surface area contributed by atoms with Gasteiger partial charge in [-0.2, -0.15) is 0 Å². The lowest BCUT2D eigenvalue weighted by Gasteiger charge is -2.25. The van der Waals surface area contributed by atoms with Gasteiger partial charge in [0.2, 0.25) is 10.0 Å². The van der Waals surface area contributed by atoms with Crippen molar-refractivity contribution < 1.29 is 23.4 Å². The van der Waals surface area contributed by atoms with Crippen LogP contribution in [0, 0.1) is 0 Å². The van der Waals surface area contributed by atoms with Gasteiger partial charge in [-0.25, -0.2) is 13.1 Å². The molecule has 4 N–H and O–H groups in total. The smallest absolute Gasteiger partial charge is 0.251 e. The Morgan fingerprint density at radius 1 is 1.25 bits per heavy atom. The number of nitrogens with one attached hydrogen (secondary N) is 2. The molecule has 0 atom stereocenters. The molecule has 0 radical (unpaired) electrons. The minimum Gasteiger partial charge on any atom is -0.504 e. The molecule has 1 rings (SSSR count). The van der Waals surface area contributed by atoms with Crippen molar-refractivity contribution in [3.63, 3.8) is 0 Å². The molecule has 0 saturated carbocycles. The molecule has 20 heavy (non-hydrogen) atoms. The van der Waals surface area contributed by atoms with E-state index in [0.717, 1.165) is 12.3 Å². The highest BCUT2D eigenvalue weighted by Gasteiger charge is 2.23. The number of amides is 1. The third-order valence-corrected chi connectivity index (χ3v) is 3.31. The number of benzene rings is 1. The topological polar surface area (TPSA) is 116 Å². The van der Waals surface area contributed by atoms with E-state index in [9.17, 15) is 18.3 Å². The first-order valence-corrected chi connectivity index (χ1v) is 7.68. The SMILES string of the molecule is CC(C)(CNC(=O)c1ccc(O)c(O)c1)NS(C)(=O)=O. The molecule has 0 unspecified atom stereocenters. The maximum Gasteiger partial charge on any atom is 0.251 e. The second-order valence-corrected chi connectivity index (χ2v) is 6.89. The Balaban J connectivity index is 2.69. The Hall–Kier alpha value is -1.80. The Morgan fingerprint density at radius 3 is 2.35 bits per heavy atom. The normalized spacial score (nSPS) is 12.2. The quantitative estimate of drug-likeness (QED) is 0.578. The van der Waals surface area contributed by atoms with E-state index in [2.05, 4.69) is 10.0 Å². The molecule has 1 aromatic carbocycles. The van der Waals surface area contributed by atoms with Crippen LogP contribution in [-0.4, -0.2) is 42.9 Å². The van der Waals surface area contributed by atoms with Crippen LogP contribution in [-0.2, 0) is 10.0 Å². The molecule has 1 aromatic rings. The highest BCUT2D eigenvalue weighted by atomic mass is 32.2. The molecule has 0 spiro atoms. The van der Waals surface area contributed by atoms with Crippen molar-refractivity contribution >= 4 is 15.9 Å². The number of aromatic hydroxyl groups is 2. The zero-order chi connectivity index (χ0) is 15.6. The van der Waals surface area contributed by atoms with Crippen molar-refractivity contribution in [2.45, 2.75) is 19.4 Å². The molecule has 0 saturated heterocycles. The number of hydrogen-bond donors (Lipinski definition) is 4. The van der Waals surface area contributed by atoms with Crippen molar-refractivity contribution in [2.75, 3.05) is 12.8 Å². The van der Waals surface area contributed by atoms with Crippen molar-refractivity contribution in [3.8, 4) is 11.5 Å². The molecule has 0 aliphatic rings. The summed E-state index contributed by atoms with van der Waals surface area (Å²) in [6.07, 6.45) is 1.04. The number of phenols is 2. The van der Waals surface area contributed by atoms with E-state index in [1.165, 1.54) is 12.1 Å². The van der Waals surface area contributed by atoms with Crippen LogP contribution in [0.25, 0.3) is 0 Å². The number of sulfonamides is 1. The fourth-order valence-corrected chi connectivity index (χ4v) is 2.68. The first kappa shape index (κ1) is 16.3. The lowest BCUT2D eigenvalue weighted by Crippen LogP contribution is -2.50. The Morgan fingerprint density at radius 2 is 1.85 bits per heavy atom. The van der Waals surface area contributed by atoms with Crippen LogP contribution in [0.1, 0.15) is 24.2 Å². The van der Waals surface area contributed by atoms with Gasteiger partial charge in [0.25, 0.3) is 5.91 Å². The van der Waals surface area contributed by atoms with Crippen LogP contribution < -0.4 is 10.0 Å². The van der Waals surface area contributed by atoms with Crippen LogP contribution in [0.15, 0.2) is 18.2 Å². The van der Waals surface area contributed by atoms with E-state index in [-0.39, 0.29) is 17.9 Å². The third-order valence-electron chi connectivity index (χ3n) is 2.39. The van der Waals surface area contributed by atoms with Crippen molar-refractivity contribution in [1.82, 2.24) is 10.0 Å². The van der Waals surface area contributed by atoms with Gasteiger partial charge < -0.3 is 15.5 Å². The summed E-state index contributed by atoms with van der Waals surface area (Å²) in [4.78, 5) is 11.8. The van der Waals surface area contributed by atoms with Crippen molar-refractivity contribution in [3.05, 3.63) is 23.8 Å². The summed E-state index contributed by atoms with van der Waals surface area (Å²) < 4.78 is 24.7. The standard InChI is InChI=1S/C12H18N2O5S/c1-12(2,14-20(3,18)19)7-13-11(17)8-4-5-9(15)10(16)6-8/h4-6,14-16H,7H2,1-3H3,(H,13,17). The van der Waals surface area contributed by atoms with Gasteiger partial charge in [0.15, 0.2) is 11.5 Å². The second-order valence-electron chi connectivity index (χ2n) is 5.14. The lowest BCUT2D eigenvalue weighted by molar-refractivity contribution is 0.0944. The van der Waals surface area contributed by atoms with Crippen LogP contribution in [0.4, 0.5) is 0 Å². The fraction of sp³-hybridized carbons (Fsp3) is 0.417. The summed E-state index contributed by atoms with van der Waals surface area (Å²) in [6, 6.07) is 3.67. The molecule has 0 aromatic heterocycles. The maximum absolute atomic E-state index is 11.8. The molecule has 0 bridgehead atoms. The van der Waals surface area contributed by atoms with Gasteiger partial charge >= 0.3 is 0 Å². The van der Waals surface area contributed by atoms with E-state index < -0.39 is 27.2 Å². The molecule has 0 aliphatic heterocycles. The Bertz CT molecular complexity index is 610. The minimum atomic E-state index is -3.38. The molecule has 0 heterocycles. The van der Waals surface area contributed by atoms with Gasteiger partial charge in [-0.1, -0.05) is 0 Å². The molecule has 0 fully saturated rings. The fourth-order valence-electron chi connectivity index (χ4n) is 1.61. The average Bonchev–Trinajstić information content (AvgIpc) is 2.26. The average molecular weight is 302 g/mol. The summed E-state index contributed by atoms with van der Waals surface area (Å²) in [6.45, 7) is 3.33. The minimum absolute atomic E-state index is 0.0700. The number of hydrogen-bond acceptors (Lipinski definition) is 5. The van der Waals surface area contributed by atoms with Crippen LogP contribution in [0.2, 0.25) is 0 Å². The summed E-state index contributed by atoms with van der Waals surface area (Å²) >= 11 is 0.